The van der Waals surface area contributed by atoms with Crippen LogP contribution in [0.5, 0.6) is 5.75 Å². The predicted molar refractivity (Wildman–Crippen MR) is 72.5 cm³/mol. The Balaban J connectivity index is 3.05. The standard InChI is InChI=1S/C11H14BrF2NO4S/c1-2-19-9-4-3-8(12)5-10(9)20(17,18)15-6-11(13,14)7-16/h3-5,15-16H,2,6-7H2,1H3. The van der Waals surface area contributed by atoms with Crippen molar-refractivity contribution in [2.75, 3.05) is 19.8 Å². The Morgan fingerprint density at radius 2 is 2.10 bits per heavy atom. The Kier molecular flexibility index (Phi) is 5.87. The van der Waals surface area contributed by atoms with Gasteiger partial charge in [0, 0.05) is 4.47 Å². The van der Waals surface area contributed by atoms with Crippen molar-refractivity contribution in [3.8, 4) is 5.75 Å². The maximum absolute atomic E-state index is 12.9. The number of hydrogen-bond donors (Lipinski definition) is 2. The lowest BCUT2D eigenvalue weighted by Gasteiger charge is -2.16. The highest BCUT2D eigenvalue weighted by Gasteiger charge is 2.31. The summed E-state index contributed by atoms with van der Waals surface area (Å²) in [5, 5.41) is 8.43. The number of halogens is 3. The number of aliphatic hydroxyl groups is 1. The fraction of sp³-hybridized carbons (Fsp3) is 0.455. The van der Waals surface area contributed by atoms with E-state index in [-0.39, 0.29) is 17.3 Å². The van der Waals surface area contributed by atoms with Crippen LogP contribution in [-0.4, -0.2) is 39.2 Å². The quantitative estimate of drug-likeness (QED) is 0.763. The molecule has 0 spiro atoms. The summed E-state index contributed by atoms with van der Waals surface area (Å²) in [5.74, 6) is -3.46. The molecule has 1 rings (SSSR count). The van der Waals surface area contributed by atoms with Gasteiger partial charge in [-0.25, -0.2) is 21.9 Å². The molecule has 5 nitrogen and oxygen atoms in total. The van der Waals surface area contributed by atoms with Gasteiger partial charge in [-0.1, -0.05) is 15.9 Å². The number of benzene rings is 1. The number of nitrogens with one attached hydrogen (secondary N) is 1. The highest BCUT2D eigenvalue weighted by Crippen LogP contribution is 2.27. The first kappa shape index (κ1) is 17.3. The smallest absolute Gasteiger partial charge is 0.283 e. The van der Waals surface area contributed by atoms with E-state index in [4.69, 9.17) is 9.84 Å². The summed E-state index contributed by atoms with van der Waals surface area (Å²) in [6.07, 6.45) is 0. The Morgan fingerprint density at radius 1 is 1.45 bits per heavy atom. The summed E-state index contributed by atoms with van der Waals surface area (Å²) in [6, 6.07) is 4.25. The van der Waals surface area contributed by atoms with Crippen LogP contribution in [0.3, 0.4) is 0 Å². The fourth-order valence-electron chi connectivity index (χ4n) is 1.30. The van der Waals surface area contributed by atoms with Gasteiger partial charge in [-0.2, -0.15) is 0 Å². The van der Waals surface area contributed by atoms with Crippen LogP contribution in [-0.2, 0) is 10.0 Å². The van der Waals surface area contributed by atoms with Crippen LogP contribution < -0.4 is 9.46 Å². The molecule has 0 aliphatic rings. The van der Waals surface area contributed by atoms with Crippen LogP contribution in [0.1, 0.15) is 6.92 Å². The molecule has 1 aromatic rings. The van der Waals surface area contributed by atoms with Crippen LogP contribution in [0.15, 0.2) is 27.6 Å². The lowest BCUT2D eigenvalue weighted by Crippen LogP contribution is -2.39. The maximum Gasteiger partial charge on any atom is 0.283 e. The molecule has 0 aromatic heterocycles. The van der Waals surface area contributed by atoms with Gasteiger partial charge in [0.2, 0.25) is 10.0 Å². The second kappa shape index (κ2) is 6.79. The van der Waals surface area contributed by atoms with Crippen molar-refractivity contribution in [2.24, 2.45) is 0 Å². The third-order valence-corrected chi connectivity index (χ3v) is 4.16. The average Bonchev–Trinajstić information content (AvgIpc) is 2.39. The van der Waals surface area contributed by atoms with Gasteiger partial charge in [0.05, 0.1) is 13.2 Å². The van der Waals surface area contributed by atoms with E-state index in [0.29, 0.717) is 4.47 Å². The molecule has 0 atom stereocenters. The first-order valence-corrected chi connectivity index (χ1v) is 7.90. The van der Waals surface area contributed by atoms with E-state index < -0.39 is 29.1 Å². The molecule has 0 bridgehead atoms. The molecule has 114 valence electrons. The van der Waals surface area contributed by atoms with Crippen molar-refractivity contribution in [1.29, 1.82) is 0 Å². The lowest BCUT2D eigenvalue weighted by atomic mass is 10.3. The Hall–Kier alpha value is -0.770. The number of ether oxygens (including phenoxy) is 1. The highest BCUT2D eigenvalue weighted by molar-refractivity contribution is 9.10. The third kappa shape index (κ3) is 4.65. The van der Waals surface area contributed by atoms with Gasteiger partial charge in [-0.15, -0.1) is 0 Å². The molecular formula is C11H14BrF2NO4S. The summed E-state index contributed by atoms with van der Waals surface area (Å²) in [5.41, 5.74) is 0. The number of aliphatic hydroxyl groups excluding tert-OH is 1. The summed E-state index contributed by atoms with van der Waals surface area (Å²) >= 11 is 3.11. The van der Waals surface area contributed by atoms with Gasteiger partial charge in [0.15, 0.2) is 0 Å². The van der Waals surface area contributed by atoms with Crippen LogP contribution in [0.2, 0.25) is 0 Å². The second-order valence-corrected chi connectivity index (χ2v) is 6.51. The van der Waals surface area contributed by atoms with Crippen molar-refractivity contribution in [1.82, 2.24) is 4.72 Å². The molecule has 9 heteroatoms. The molecule has 0 heterocycles. The Labute approximate surface area is 124 Å². The SMILES string of the molecule is CCOc1ccc(Br)cc1S(=O)(=O)NCC(F)(F)CO. The molecule has 2 N–H and O–H groups in total. The zero-order valence-corrected chi connectivity index (χ0v) is 13.0. The average molecular weight is 374 g/mol. The summed E-state index contributed by atoms with van der Waals surface area (Å²) in [6.45, 7) is -0.723. The number of alkyl halides is 2. The molecule has 1 aromatic carbocycles. The van der Waals surface area contributed by atoms with Gasteiger partial charge in [-0.05, 0) is 25.1 Å². The predicted octanol–water partition coefficient (Wildman–Crippen LogP) is 1.75. The van der Waals surface area contributed by atoms with Crippen LogP contribution >= 0.6 is 15.9 Å². The minimum absolute atomic E-state index is 0.0653. The van der Waals surface area contributed by atoms with Crippen LogP contribution in [0.25, 0.3) is 0 Å². The Morgan fingerprint density at radius 3 is 2.65 bits per heavy atom. The summed E-state index contributed by atoms with van der Waals surface area (Å²) < 4.78 is 57.2. The van der Waals surface area contributed by atoms with Gasteiger partial charge in [0.1, 0.15) is 17.3 Å². The molecule has 0 radical (unpaired) electrons. The Bertz CT molecular complexity index is 566. The first-order valence-electron chi connectivity index (χ1n) is 5.62. The maximum atomic E-state index is 12.9. The number of sulfonamides is 1. The van der Waals surface area contributed by atoms with E-state index in [2.05, 4.69) is 15.9 Å². The minimum atomic E-state index is -4.18. The fourth-order valence-corrected chi connectivity index (χ4v) is 3.04. The summed E-state index contributed by atoms with van der Waals surface area (Å²) in [4.78, 5) is -0.248. The molecule has 0 aliphatic carbocycles. The molecule has 0 aliphatic heterocycles. The monoisotopic (exact) mass is 373 g/mol. The number of rotatable bonds is 7. The van der Waals surface area contributed by atoms with E-state index in [1.54, 1.807) is 17.7 Å². The van der Waals surface area contributed by atoms with E-state index >= 15 is 0 Å². The van der Waals surface area contributed by atoms with E-state index in [9.17, 15) is 17.2 Å². The molecule has 0 unspecified atom stereocenters. The summed E-state index contributed by atoms with van der Waals surface area (Å²) in [7, 11) is -4.18. The van der Waals surface area contributed by atoms with Crippen molar-refractivity contribution in [3.05, 3.63) is 22.7 Å². The van der Waals surface area contributed by atoms with Gasteiger partial charge in [0.25, 0.3) is 5.92 Å². The van der Waals surface area contributed by atoms with E-state index in [1.807, 2.05) is 0 Å². The second-order valence-electron chi connectivity index (χ2n) is 3.86. The molecule has 0 fully saturated rings. The third-order valence-electron chi connectivity index (χ3n) is 2.25. The lowest BCUT2D eigenvalue weighted by molar-refractivity contribution is -0.0437. The number of hydrogen-bond acceptors (Lipinski definition) is 4. The first-order chi connectivity index (χ1) is 9.22. The minimum Gasteiger partial charge on any atom is -0.492 e. The molecular weight excluding hydrogens is 360 g/mol. The zero-order chi connectivity index (χ0) is 15.4. The van der Waals surface area contributed by atoms with Crippen molar-refractivity contribution in [2.45, 2.75) is 17.7 Å². The van der Waals surface area contributed by atoms with Gasteiger partial charge in [-0.3, -0.25) is 0 Å². The highest BCUT2D eigenvalue weighted by atomic mass is 79.9. The van der Waals surface area contributed by atoms with Gasteiger partial charge >= 0.3 is 0 Å². The van der Waals surface area contributed by atoms with E-state index in [0.717, 1.165) is 0 Å². The normalized spacial score (nSPS) is 12.4. The topological polar surface area (TPSA) is 75.6 Å². The molecule has 0 amide bonds. The largest absolute Gasteiger partial charge is 0.492 e. The van der Waals surface area contributed by atoms with Crippen LogP contribution in [0, 0.1) is 0 Å². The molecule has 0 saturated heterocycles. The zero-order valence-electron chi connectivity index (χ0n) is 10.6. The van der Waals surface area contributed by atoms with Crippen molar-refractivity contribution in [3.63, 3.8) is 0 Å². The molecule has 0 saturated carbocycles. The van der Waals surface area contributed by atoms with E-state index in [1.165, 1.54) is 12.1 Å². The van der Waals surface area contributed by atoms with Gasteiger partial charge < -0.3 is 9.84 Å². The van der Waals surface area contributed by atoms with Crippen molar-refractivity contribution < 1.29 is 27.0 Å². The van der Waals surface area contributed by atoms with Crippen molar-refractivity contribution >= 4 is 26.0 Å². The van der Waals surface area contributed by atoms with Crippen LogP contribution in [0.4, 0.5) is 8.78 Å². The molecule has 20 heavy (non-hydrogen) atoms.